The van der Waals surface area contributed by atoms with Gasteiger partial charge in [0.25, 0.3) is 11.8 Å². The van der Waals surface area contributed by atoms with Gasteiger partial charge in [-0.25, -0.2) is 0 Å². The number of halogens is 6. The lowest BCUT2D eigenvalue weighted by Gasteiger charge is -2.38. The van der Waals surface area contributed by atoms with Crippen molar-refractivity contribution in [3.8, 4) is 11.5 Å². The highest BCUT2D eigenvalue weighted by molar-refractivity contribution is 6.07. The van der Waals surface area contributed by atoms with E-state index in [0.29, 0.717) is 36.4 Å². The van der Waals surface area contributed by atoms with Gasteiger partial charge in [0.15, 0.2) is 0 Å². The molecular formula is C35H40F6N2O4. The lowest BCUT2D eigenvalue weighted by Crippen LogP contribution is -2.54. The lowest BCUT2D eigenvalue weighted by molar-refractivity contribution is -0.288. The molecule has 47 heavy (non-hydrogen) atoms. The zero-order chi connectivity index (χ0) is 36.6. The van der Waals surface area contributed by atoms with Gasteiger partial charge in [-0.2, -0.15) is 26.3 Å². The van der Waals surface area contributed by atoms with Crippen molar-refractivity contribution < 1.29 is 46.1 Å². The van der Waals surface area contributed by atoms with E-state index in [9.17, 15) is 46.1 Å². The smallest absolute Gasteiger partial charge is 0.411 e. The molecule has 2 amide bonds. The molecule has 0 radical (unpaired) electrons. The molecule has 256 valence electrons. The molecule has 0 fully saturated rings. The average molecular weight is 667 g/mol. The van der Waals surface area contributed by atoms with Gasteiger partial charge < -0.3 is 20.8 Å². The fourth-order valence-electron chi connectivity index (χ4n) is 3.98. The number of rotatable bonds is 10. The molecule has 4 N–H and O–H groups in total. The number of amides is 2. The molecule has 0 aliphatic heterocycles. The molecule has 0 aliphatic rings. The van der Waals surface area contributed by atoms with Crippen LogP contribution < -0.4 is 10.6 Å². The summed E-state index contributed by atoms with van der Waals surface area (Å²) in [6, 6.07) is 2.68. The third-order valence-electron chi connectivity index (χ3n) is 6.11. The molecule has 12 heteroatoms. The van der Waals surface area contributed by atoms with Crippen LogP contribution in [0, 0.1) is 0 Å². The minimum absolute atomic E-state index is 0.0953. The molecule has 2 aromatic rings. The van der Waals surface area contributed by atoms with Crippen LogP contribution in [0.3, 0.4) is 0 Å². The van der Waals surface area contributed by atoms with E-state index < -0.39 is 63.6 Å². The van der Waals surface area contributed by atoms with Crippen molar-refractivity contribution in [2.75, 3.05) is 10.6 Å². The van der Waals surface area contributed by atoms with Crippen molar-refractivity contribution in [2.24, 2.45) is 0 Å². The number of phenolic OH excluding ortho intramolecular Hbond substituents is 2. The van der Waals surface area contributed by atoms with Crippen molar-refractivity contribution in [1.82, 2.24) is 0 Å². The van der Waals surface area contributed by atoms with Gasteiger partial charge >= 0.3 is 12.4 Å². The second-order valence-electron chi connectivity index (χ2n) is 8.82. The first kappa shape index (κ1) is 42.0. The number of phenols is 2. The summed E-state index contributed by atoms with van der Waals surface area (Å²) in [5, 5.41) is 24.7. The molecule has 0 saturated carbocycles. The van der Waals surface area contributed by atoms with Crippen molar-refractivity contribution in [3.63, 3.8) is 0 Å². The minimum atomic E-state index is -6.06. The summed E-state index contributed by atoms with van der Waals surface area (Å²) in [7, 11) is 0. The van der Waals surface area contributed by atoms with E-state index in [4.69, 9.17) is 0 Å². The standard InChI is InChI=1S/C31H28F6N2O4.2C2H6/c1-5-9-11-19(7-3)27(42)38-23-17-21(13-15-25(23)40)29(30(32,33)34,31(35,36)37)22-14-16-26(41)24(18-22)39-28(43)20(8-4)12-10-6-2;2*1-2/h5-18,40-41H,3-4H2,1-2H3,(H,38,42)(H,39,43);2*1-2H3/b9-5-,10-6-,19-11+,20-12+;;. The Balaban J connectivity index is 0.00000508. The summed E-state index contributed by atoms with van der Waals surface area (Å²) in [5.41, 5.74) is -9.26. The lowest BCUT2D eigenvalue weighted by atomic mass is 9.72. The van der Waals surface area contributed by atoms with Crippen molar-refractivity contribution in [1.29, 1.82) is 0 Å². The van der Waals surface area contributed by atoms with Gasteiger partial charge in [-0.3, -0.25) is 9.59 Å². The van der Waals surface area contributed by atoms with Crippen LogP contribution in [0.4, 0.5) is 37.7 Å². The van der Waals surface area contributed by atoms with Crippen molar-refractivity contribution in [3.05, 3.63) is 120 Å². The summed E-state index contributed by atoms with van der Waals surface area (Å²) < 4.78 is 88.8. The number of benzene rings is 2. The predicted octanol–water partition coefficient (Wildman–Crippen LogP) is 9.81. The summed E-state index contributed by atoms with van der Waals surface area (Å²) in [5.74, 6) is -3.56. The topological polar surface area (TPSA) is 98.7 Å². The van der Waals surface area contributed by atoms with Crippen LogP contribution in [0.1, 0.15) is 52.7 Å². The molecule has 0 unspecified atom stereocenters. The van der Waals surface area contributed by atoms with Gasteiger partial charge in [0, 0.05) is 11.1 Å². The number of hydrogen-bond acceptors (Lipinski definition) is 4. The Morgan fingerprint density at radius 1 is 0.660 bits per heavy atom. The molecular weight excluding hydrogens is 626 g/mol. The van der Waals surface area contributed by atoms with E-state index in [1.165, 1.54) is 24.3 Å². The Labute approximate surface area is 271 Å². The van der Waals surface area contributed by atoms with E-state index in [2.05, 4.69) is 23.8 Å². The first-order valence-electron chi connectivity index (χ1n) is 14.4. The van der Waals surface area contributed by atoms with Crippen LogP contribution in [-0.4, -0.2) is 34.4 Å². The Morgan fingerprint density at radius 3 is 1.23 bits per heavy atom. The highest BCUT2D eigenvalue weighted by Crippen LogP contribution is 2.57. The number of alkyl halides is 6. The monoisotopic (exact) mass is 666 g/mol. The highest BCUT2D eigenvalue weighted by Gasteiger charge is 2.72. The van der Waals surface area contributed by atoms with Crippen LogP contribution in [0.2, 0.25) is 0 Å². The largest absolute Gasteiger partial charge is 0.506 e. The van der Waals surface area contributed by atoms with E-state index in [0.717, 1.165) is 12.2 Å². The SMILES string of the molecule is C=C/C(=C\C=C/C)C(=O)Nc1cc(C(c2ccc(O)c(NC(=O)/C(C=C)=C/C=C\C)c2)(C(F)(F)F)C(F)(F)F)ccc1O.CC.CC. The molecule has 2 aromatic carbocycles. The zero-order valence-electron chi connectivity index (χ0n) is 27.0. The molecule has 0 bridgehead atoms. The van der Waals surface area contributed by atoms with E-state index in [-0.39, 0.29) is 11.1 Å². The van der Waals surface area contributed by atoms with Gasteiger partial charge in [-0.1, -0.05) is 89.4 Å². The zero-order valence-corrected chi connectivity index (χ0v) is 27.0. The first-order valence-corrected chi connectivity index (χ1v) is 14.4. The van der Waals surface area contributed by atoms with Gasteiger partial charge in [0.2, 0.25) is 5.41 Å². The summed E-state index contributed by atoms with van der Waals surface area (Å²) in [4.78, 5) is 25.3. The van der Waals surface area contributed by atoms with Gasteiger partial charge in [0.05, 0.1) is 11.4 Å². The van der Waals surface area contributed by atoms with Crippen molar-refractivity contribution in [2.45, 2.75) is 59.3 Å². The third kappa shape index (κ3) is 9.99. The number of aromatic hydroxyl groups is 2. The second kappa shape index (κ2) is 18.8. The fraction of sp³-hybridized carbons (Fsp3) is 0.257. The summed E-state index contributed by atoms with van der Waals surface area (Å²) >= 11 is 0. The van der Waals surface area contributed by atoms with Crippen LogP contribution >= 0.6 is 0 Å². The minimum Gasteiger partial charge on any atom is -0.506 e. The maximum Gasteiger partial charge on any atom is 0.411 e. The highest BCUT2D eigenvalue weighted by atomic mass is 19.4. The predicted molar refractivity (Wildman–Crippen MR) is 175 cm³/mol. The van der Waals surface area contributed by atoms with Crippen LogP contribution in [-0.2, 0) is 15.0 Å². The Kier molecular flexibility index (Phi) is 16.8. The van der Waals surface area contributed by atoms with E-state index in [1.807, 2.05) is 27.7 Å². The van der Waals surface area contributed by atoms with Gasteiger partial charge in [-0.05, 0) is 61.4 Å². The van der Waals surface area contributed by atoms with Gasteiger partial charge in [-0.15, -0.1) is 0 Å². The number of hydrogen-bond donors (Lipinski definition) is 4. The molecule has 0 atom stereocenters. The summed E-state index contributed by atoms with van der Waals surface area (Å²) in [6.07, 6.45) is -1.33. The number of carbonyl (C=O) groups is 2. The molecule has 0 aromatic heterocycles. The van der Waals surface area contributed by atoms with Crippen molar-refractivity contribution >= 4 is 23.2 Å². The summed E-state index contributed by atoms with van der Waals surface area (Å²) in [6.45, 7) is 18.2. The maximum absolute atomic E-state index is 14.8. The first-order chi connectivity index (χ1) is 22.1. The van der Waals surface area contributed by atoms with Crippen LogP contribution in [0.5, 0.6) is 11.5 Å². The Hall–Kier alpha value is -5.00. The van der Waals surface area contributed by atoms with E-state index in [1.54, 1.807) is 26.0 Å². The van der Waals surface area contributed by atoms with E-state index >= 15 is 0 Å². The third-order valence-corrected chi connectivity index (χ3v) is 6.11. The number of anilines is 2. The number of nitrogens with one attached hydrogen (secondary N) is 2. The molecule has 0 aliphatic carbocycles. The second-order valence-corrected chi connectivity index (χ2v) is 8.82. The number of allylic oxidation sites excluding steroid dienone is 6. The van der Waals surface area contributed by atoms with Gasteiger partial charge in [0.1, 0.15) is 11.5 Å². The molecule has 6 nitrogen and oxygen atoms in total. The quantitative estimate of drug-likeness (QED) is 0.0878. The Bertz CT molecular complexity index is 1400. The maximum atomic E-state index is 14.8. The van der Waals surface area contributed by atoms with Crippen LogP contribution in [0.15, 0.2) is 109 Å². The average Bonchev–Trinajstić information content (AvgIpc) is 3.02. The fourth-order valence-corrected chi connectivity index (χ4v) is 3.98. The number of carbonyl (C=O) groups excluding carboxylic acids is 2. The van der Waals surface area contributed by atoms with Crippen LogP contribution in [0.25, 0.3) is 0 Å². The Morgan fingerprint density at radius 2 is 0.979 bits per heavy atom. The molecule has 0 spiro atoms. The normalized spacial score (nSPS) is 12.4. The molecule has 0 heterocycles. The molecule has 2 rings (SSSR count). The molecule has 0 saturated heterocycles.